The van der Waals surface area contributed by atoms with Crippen molar-refractivity contribution in [1.29, 1.82) is 0 Å². The van der Waals surface area contributed by atoms with Gasteiger partial charge in [0, 0.05) is 17.3 Å². The number of nitrogens with one attached hydrogen (secondary N) is 1. The van der Waals surface area contributed by atoms with Crippen molar-refractivity contribution in [2.75, 3.05) is 5.32 Å². The summed E-state index contributed by atoms with van der Waals surface area (Å²) in [6.45, 7) is 0. The Morgan fingerprint density at radius 2 is 2.28 bits per heavy atom. The van der Waals surface area contributed by atoms with Crippen molar-refractivity contribution in [3.63, 3.8) is 0 Å². The first-order valence-electron chi connectivity index (χ1n) is 5.27. The number of amides is 1. The summed E-state index contributed by atoms with van der Waals surface area (Å²) in [5.41, 5.74) is 2.67. The molecule has 1 aliphatic rings. The summed E-state index contributed by atoms with van der Waals surface area (Å²) in [6.07, 6.45) is 0.265. The minimum absolute atomic E-state index is 0.0839. The minimum atomic E-state index is -1.17. The topological polar surface area (TPSA) is 92.4 Å². The van der Waals surface area contributed by atoms with Gasteiger partial charge in [-0.1, -0.05) is 17.3 Å². The van der Waals surface area contributed by atoms with Gasteiger partial charge in [0.05, 0.1) is 6.42 Å². The summed E-state index contributed by atoms with van der Waals surface area (Å²) in [5, 5.41) is 15.2. The molecule has 2 heterocycles. The number of nitrogens with zero attached hydrogens (tertiary/aromatic N) is 1. The highest BCUT2D eigenvalue weighted by Crippen LogP contribution is 2.32. The van der Waals surface area contributed by atoms with E-state index in [4.69, 9.17) is 9.63 Å². The maximum Gasteiger partial charge on any atom is 0.374 e. The van der Waals surface area contributed by atoms with Crippen LogP contribution in [0.3, 0.4) is 0 Å². The van der Waals surface area contributed by atoms with Crippen molar-refractivity contribution in [2.45, 2.75) is 6.42 Å². The van der Waals surface area contributed by atoms with Crippen LogP contribution in [0.4, 0.5) is 5.69 Å². The van der Waals surface area contributed by atoms with Crippen LogP contribution in [-0.2, 0) is 11.2 Å². The first kappa shape index (κ1) is 10.5. The van der Waals surface area contributed by atoms with Crippen LogP contribution in [0.25, 0.3) is 11.3 Å². The van der Waals surface area contributed by atoms with Gasteiger partial charge in [-0.15, -0.1) is 0 Å². The maximum atomic E-state index is 11.3. The molecule has 6 heteroatoms. The van der Waals surface area contributed by atoms with Crippen LogP contribution in [0, 0.1) is 0 Å². The molecule has 0 saturated carbocycles. The predicted octanol–water partition coefficient (Wildman–Crippen LogP) is 1.53. The third kappa shape index (κ3) is 1.55. The molecule has 90 valence electrons. The van der Waals surface area contributed by atoms with Gasteiger partial charge in [0.15, 0.2) is 0 Å². The fourth-order valence-corrected chi connectivity index (χ4v) is 1.99. The standard InChI is InChI=1S/C12H8N2O4/c15-11-4-7-6(2-1-3-8(7)13-11)9-5-10(12(16)17)18-14-9/h1-3,5H,4H2,(H,13,15)(H,16,17). The largest absolute Gasteiger partial charge is 0.475 e. The Morgan fingerprint density at radius 1 is 1.44 bits per heavy atom. The molecular formula is C12H8N2O4. The molecule has 3 rings (SSSR count). The fraction of sp³-hybridized carbons (Fsp3) is 0.0833. The second-order valence-electron chi connectivity index (χ2n) is 3.94. The van der Waals surface area contributed by atoms with Crippen LogP contribution in [0.5, 0.6) is 0 Å². The third-order valence-electron chi connectivity index (χ3n) is 2.78. The van der Waals surface area contributed by atoms with Gasteiger partial charge in [-0.2, -0.15) is 0 Å². The summed E-state index contributed by atoms with van der Waals surface area (Å²) >= 11 is 0. The van der Waals surface area contributed by atoms with Crippen LogP contribution in [-0.4, -0.2) is 22.1 Å². The van der Waals surface area contributed by atoms with E-state index in [-0.39, 0.29) is 18.1 Å². The number of benzene rings is 1. The molecule has 0 saturated heterocycles. The molecule has 1 aromatic carbocycles. The van der Waals surface area contributed by atoms with Crippen LogP contribution in [0.2, 0.25) is 0 Å². The van der Waals surface area contributed by atoms with E-state index in [1.165, 1.54) is 6.07 Å². The van der Waals surface area contributed by atoms with Crippen LogP contribution in [0.1, 0.15) is 16.1 Å². The molecule has 0 fully saturated rings. The zero-order valence-corrected chi connectivity index (χ0v) is 9.14. The van der Waals surface area contributed by atoms with E-state index in [0.29, 0.717) is 11.3 Å². The van der Waals surface area contributed by atoms with E-state index in [0.717, 1.165) is 11.3 Å². The Morgan fingerprint density at radius 3 is 3.00 bits per heavy atom. The zero-order valence-electron chi connectivity index (χ0n) is 9.14. The van der Waals surface area contributed by atoms with Gasteiger partial charge >= 0.3 is 5.97 Å². The molecule has 18 heavy (non-hydrogen) atoms. The molecule has 1 aliphatic heterocycles. The van der Waals surface area contributed by atoms with E-state index in [1.807, 2.05) is 0 Å². The Bertz CT molecular complexity index is 660. The van der Waals surface area contributed by atoms with Crippen molar-refractivity contribution < 1.29 is 19.2 Å². The highest BCUT2D eigenvalue weighted by atomic mass is 16.5. The number of carboxylic acids is 1. The van der Waals surface area contributed by atoms with Crippen LogP contribution < -0.4 is 5.32 Å². The monoisotopic (exact) mass is 244 g/mol. The summed E-state index contributed by atoms with van der Waals surface area (Å²) < 4.78 is 4.71. The van der Waals surface area contributed by atoms with Crippen LogP contribution >= 0.6 is 0 Å². The smallest absolute Gasteiger partial charge is 0.374 e. The Kier molecular flexibility index (Phi) is 2.16. The first-order valence-corrected chi connectivity index (χ1v) is 5.27. The summed E-state index contributed by atoms with van der Waals surface area (Å²) in [5.74, 6) is -1.48. The van der Waals surface area contributed by atoms with E-state index in [9.17, 15) is 9.59 Å². The zero-order chi connectivity index (χ0) is 12.7. The number of carbonyl (C=O) groups is 2. The van der Waals surface area contributed by atoms with E-state index < -0.39 is 5.97 Å². The Hall–Kier alpha value is -2.63. The normalized spacial score (nSPS) is 13.2. The Labute approximate surface area is 101 Å². The number of hydrogen-bond donors (Lipinski definition) is 2. The molecule has 2 aromatic rings. The number of rotatable bonds is 2. The average molecular weight is 244 g/mol. The molecule has 6 nitrogen and oxygen atoms in total. The molecule has 1 aromatic heterocycles. The maximum absolute atomic E-state index is 11.3. The van der Waals surface area contributed by atoms with Crippen molar-refractivity contribution >= 4 is 17.6 Å². The van der Waals surface area contributed by atoms with E-state index in [1.54, 1.807) is 18.2 Å². The first-order chi connectivity index (χ1) is 8.65. The molecule has 2 N–H and O–H groups in total. The molecule has 0 atom stereocenters. The second-order valence-corrected chi connectivity index (χ2v) is 3.94. The second kappa shape index (κ2) is 3.69. The summed E-state index contributed by atoms with van der Waals surface area (Å²) in [6, 6.07) is 6.69. The van der Waals surface area contributed by atoms with Crippen molar-refractivity contribution in [1.82, 2.24) is 5.16 Å². The van der Waals surface area contributed by atoms with Gasteiger partial charge in [-0.3, -0.25) is 4.79 Å². The van der Waals surface area contributed by atoms with Gasteiger partial charge in [0.1, 0.15) is 5.69 Å². The van der Waals surface area contributed by atoms with Gasteiger partial charge in [0.25, 0.3) is 0 Å². The van der Waals surface area contributed by atoms with Gasteiger partial charge < -0.3 is 14.9 Å². The van der Waals surface area contributed by atoms with E-state index >= 15 is 0 Å². The van der Waals surface area contributed by atoms with Crippen LogP contribution in [0.15, 0.2) is 28.8 Å². The highest BCUT2D eigenvalue weighted by molar-refractivity contribution is 6.01. The molecule has 0 bridgehead atoms. The number of carbonyl (C=O) groups excluding carboxylic acids is 1. The third-order valence-corrected chi connectivity index (χ3v) is 2.78. The number of aromatic nitrogens is 1. The lowest BCUT2D eigenvalue weighted by molar-refractivity contribution is -0.115. The number of aromatic carboxylic acids is 1. The van der Waals surface area contributed by atoms with Crippen molar-refractivity contribution in [3.05, 3.63) is 35.6 Å². The SMILES string of the molecule is O=C1Cc2c(cccc2-c2cc(C(=O)O)on2)N1. The van der Waals surface area contributed by atoms with Gasteiger partial charge in [-0.05, 0) is 11.6 Å². The lowest BCUT2D eigenvalue weighted by atomic mass is 10.0. The predicted molar refractivity (Wildman–Crippen MR) is 61.2 cm³/mol. The fourth-order valence-electron chi connectivity index (χ4n) is 1.99. The van der Waals surface area contributed by atoms with Gasteiger partial charge in [-0.25, -0.2) is 4.79 Å². The molecule has 0 radical (unpaired) electrons. The molecule has 0 spiro atoms. The number of fused-ring (bicyclic) bond motifs is 1. The number of anilines is 1. The highest BCUT2D eigenvalue weighted by Gasteiger charge is 2.23. The number of carboxylic acid groups (broad SMARTS) is 1. The summed E-state index contributed by atoms with van der Waals surface area (Å²) in [7, 11) is 0. The molecule has 0 unspecified atom stereocenters. The lowest BCUT2D eigenvalue weighted by Crippen LogP contribution is -2.03. The minimum Gasteiger partial charge on any atom is -0.475 e. The van der Waals surface area contributed by atoms with Crippen molar-refractivity contribution in [2.24, 2.45) is 0 Å². The molecule has 0 aliphatic carbocycles. The van der Waals surface area contributed by atoms with E-state index in [2.05, 4.69) is 10.5 Å². The van der Waals surface area contributed by atoms with Gasteiger partial charge in [0.2, 0.25) is 11.7 Å². The number of hydrogen-bond acceptors (Lipinski definition) is 4. The average Bonchev–Trinajstić information content (AvgIpc) is 2.92. The lowest BCUT2D eigenvalue weighted by Gasteiger charge is -2.02. The molecule has 1 amide bonds. The molecular weight excluding hydrogens is 236 g/mol. The summed E-state index contributed by atoms with van der Waals surface area (Å²) in [4.78, 5) is 22.1. The van der Waals surface area contributed by atoms with Crippen molar-refractivity contribution in [3.8, 4) is 11.3 Å². The Balaban J connectivity index is 2.10. The quantitative estimate of drug-likeness (QED) is 0.835.